The van der Waals surface area contributed by atoms with E-state index >= 15 is 0 Å². The van der Waals surface area contributed by atoms with E-state index in [9.17, 15) is 4.79 Å². The Labute approximate surface area is 104 Å². The minimum atomic E-state index is -0.111. The fourth-order valence-corrected chi connectivity index (χ4v) is 2.46. The number of methoxy groups -OCH3 is 1. The van der Waals surface area contributed by atoms with Gasteiger partial charge in [-0.05, 0) is 20.3 Å². The van der Waals surface area contributed by atoms with Crippen LogP contribution in [0.3, 0.4) is 0 Å². The molecule has 0 N–H and O–H groups in total. The van der Waals surface area contributed by atoms with Gasteiger partial charge in [0.1, 0.15) is 6.04 Å². The molecule has 1 heterocycles. The van der Waals surface area contributed by atoms with Gasteiger partial charge in [0.15, 0.2) is 0 Å². The van der Waals surface area contributed by atoms with Crippen LogP contribution in [0.25, 0.3) is 0 Å². The molecule has 0 aromatic carbocycles. The molecule has 1 saturated heterocycles. The molecule has 4 heteroatoms. The van der Waals surface area contributed by atoms with Gasteiger partial charge in [0.05, 0.1) is 19.3 Å². The SMILES string of the molecule is CCCCC(C(=O)OC)N1CC(C)OC(C)C1. The summed E-state index contributed by atoms with van der Waals surface area (Å²) >= 11 is 0. The van der Waals surface area contributed by atoms with Crippen molar-refractivity contribution >= 4 is 5.97 Å². The molecule has 100 valence electrons. The number of hydrogen-bond acceptors (Lipinski definition) is 4. The molecule has 3 atom stereocenters. The third-order valence-corrected chi connectivity index (χ3v) is 3.19. The van der Waals surface area contributed by atoms with Gasteiger partial charge in [0, 0.05) is 13.1 Å². The largest absolute Gasteiger partial charge is 0.468 e. The standard InChI is InChI=1S/C13H25NO3/c1-5-6-7-12(13(15)16-4)14-8-10(2)17-11(3)9-14/h10-12H,5-9H2,1-4H3. The molecular weight excluding hydrogens is 218 g/mol. The highest BCUT2D eigenvalue weighted by Crippen LogP contribution is 2.18. The molecule has 0 saturated carbocycles. The number of carbonyl (C=O) groups is 1. The minimum absolute atomic E-state index is 0.103. The molecule has 0 aromatic heterocycles. The number of esters is 1. The molecule has 3 unspecified atom stereocenters. The van der Waals surface area contributed by atoms with Gasteiger partial charge in [-0.25, -0.2) is 0 Å². The third-order valence-electron chi connectivity index (χ3n) is 3.19. The van der Waals surface area contributed by atoms with Crippen LogP contribution in [0.4, 0.5) is 0 Å². The second kappa shape index (κ2) is 6.97. The summed E-state index contributed by atoms with van der Waals surface area (Å²) < 4.78 is 10.6. The van der Waals surface area contributed by atoms with E-state index in [0.29, 0.717) is 0 Å². The molecule has 1 fully saturated rings. The summed E-state index contributed by atoms with van der Waals surface area (Å²) in [6.07, 6.45) is 3.41. The van der Waals surface area contributed by atoms with E-state index in [-0.39, 0.29) is 24.2 Å². The van der Waals surface area contributed by atoms with E-state index < -0.39 is 0 Å². The van der Waals surface area contributed by atoms with Crippen LogP contribution in [-0.4, -0.2) is 49.3 Å². The molecule has 0 bridgehead atoms. The number of ether oxygens (including phenoxy) is 2. The van der Waals surface area contributed by atoms with Crippen LogP contribution >= 0.6 is 0 Å². The maximum Gasteiger partial charge on any atom is 0.323 e. The van der Waals surface area contributed by atoms with Crippen molar-refractivity contribution in [2.45, 2.75) is 58.3 Å². The molecule has 1 rings (SSSR count). The van der Waals surface area contributed by atoms with E-state index in [4.69, 9.17) is 9.47 Å². The second-order valence-corrected chi connectivity index (χ2v) is 4.89. The van der Waals surface area contributed by atoms with Crippen molar-refractivity contribution in [2.24, 2.45) is 0 Å². The lowest BCUT2D eigenvalue weighted by Crippen LogP contribution is -2.52. The Hall–Kier alpha value is -0.610. The van der Waals surface area contributed by atoms with Crippen LogP contribution in [0.1, 0.15) is 40.0 Å². The van der Waals surface area contributed by atoms with Crippen LogP contribution in [0.2, 0.25) is 0 Å². The van der Waals surface area contributed by atoms with Gasteiger partial charge < -0.3 is 9.47 Å². The van der Waals surface area contributed by atoms with E-state index in [1.165, 1.54) is 7.11 Å². The summed E-state index contributed by atoms with van der Waals surface area (Å²) in [6, 6.07) is -0.103. The lowest BCUT2D eigenvalue weighted by atomic mass is 10.1. The Bertz CT molecular complexity index is 235. The Balaban J connectivity index is 2.64. The summed E-state index contributed by atoms with van der Waals surface area (Å²) in [5.41, 5.74) is 0. The fraction of sp³-hybridized carbons (Fsp3) is 0.923. The molecule has 1 aliphatic rings. The maximum absolute atomic E-state index is 11.8. The zero-order valence-corrected chi connectivity index (χ0v) is 11.4. The van der Waals surface area contributed by atoms with Crippen molar-refractivity contribution < 1.29 is 14.3 Å². The predicted octanol–water partition coefficient (Wildman–Crippen LogP) is 1.83. The van der Waals surface area contributed by atoms with Gasteiger partial charge in [-0.3, -0.25) is 9.69 Å². The monoisotopic (exact) mass is 243 g/mol. The molecule has 0 amide bonds. The highest BCUT2D eigenvalue weighted by atomic mass is 16.5. The van der Waals surface area contributed by atoms with Gasteiger partial charge in [-0.2, -0.15) is 0 Å². The quantitative estimate of drug-likeness (QED) is 0.691. The molecule has 17 heavy (non-hydrogen) atoms. The second-order valence-electron chi connectivity index (χ2n) is 4.89. The number of carbonyl (C=O) groups excluding carboxylic acids is 1. The molecule has 0 aromatic rings. The lowest BCUT2D eigenvalue weighted by Gasteiger charge is -2.39. The first-order chi connectivity index (χ1) is 8.08. The number of unbranched alkanes of at least 4 members (excludes halogenated alkanes) is 1. The van der Waals surface area contributed by atoms with Crippen molar-refractivity contribution in [3.05, 3.63) is 0 Å². The summed E-state index contributed by atoms with van der Waals surface area (Å²) in [4.78, 5) is 14.0. The van der Waals surface area contributed by atoms with Crippen LogP contribution < -0.4 is 0 Å². The number of nitrogens with zero attached hydrogens (tertiary/aromatic N) is 1. The first kappa shape index (κ1) is 14.5. The Morgan fingerprint density at radius 3 is 2.47 bits per heavy atom. The lowest BCUT2D eigenvalue weighted by molar-refractivity contribution is -0.152. The Morgan fingerprint density at radius 1 is 1.41 bits per heavy atom. The van der Waals surface area contributed by atoms with Crippen molar-refractivity contribution in [3.63, 3.8) is 0 Å². The van der Waals surface area contributed by atoms with Crippen molar-refractivity contribution in [1.29, 1.82) is 0 Å². The molecule has 1 aliphatic heterocycles. The Kier molecular flexibility index (Phi) is 5.92. The maximum atomic E-state index is 11.8. The number of rotatable bonds is 5. The number of morpholine rings is 1. The smallest absolute Gasteiger partial charge is 0.323 e. The van der Waals surface area contributed by atoms with Crippen LogP contribution in [-0.2, 0) is 14.3 Å². The Morgan fingerprint density at radius 2 is 2.00 bits per heavy atom. The number of hydrogen-bond donors (Lipinski definition) is 0. The van der Waals surface area contributed by atoms with E-state index in [1.54, 1.807) is 0 Å². The summed E-state index contributed by atoms with van der Waals surface area (Å²) in [5, 5.41) is 0. The molecule has 0 spiro atoms. The van der Waals surface area contributed by atoms with Gasteiger partial charge in [0.25, 0.3) is 0 Å². The zero-order valence-electron chi connectivity index (χ0n) is 11.4. The van der Waals surface area contributed by atoms with E-state index in [2.05, 4.69) is 25.7 Å². The van der Waals surface area contributed by atoms with Crippen LogP contribution in [0, 0.1) is 0 Å². The molecular formula is C13H25NO3. The first-order valence-electron chi connectivity index (χ1n) is 6.55. The van der Waals surface area contributed by atoms with Gasteiger partial charge >= 0.3 is 5.97 Å². The summed E-state index contributed by atoms with van der Waals surface area (Å²) in [7, 11) is 1.47. The molecule has 4 nitrogen and oxygen atoms in total. The normalized spacial score (nSPS) is 27.8. The first-order valence-corrected chi connectivity index (χ1v) is 6.55. The van der Waals surface area contributed by atoms with Crippen molar-refractivity contribution in [1.82, 2.24) is 4.90 Å². The highest BCUT2D eigenvalue weighted by Gasteiger charge is 2.32. The van der Waals surface area contributed by atoms with Crippen molar-refractivity contribution in [3.8, 4) is 0 Å². The van der Waals surface area contributed by atoms with E-state index in [1.807, 2.05) is 0 Å². The van der Waals surface area contributed by atoms with E-state index in [0.717, 1.165) is 32.4 Å². The van der Waals surface area contributed by atoms with Crippen LogP contribution in [0.5, 0.6) is 0 Å². The predicted molar refractivity (Wildman–Crippen MR) is 66.9 cm³/mol. The van der Waals surface area contributed by atoms with Crippen LogP contribution in [0.15, 0.2) is 0 Å². The van der Waals surface area contributed by atoms with Crippen molar-refractivity contribution in [2.75, 3.05) is 20.2 Å². The fourth-order valence-electron chi connectivity index (χ4n) is 2.46. The minimum Gasteiger partial charge on any atom is -0.468 e. The highest BCUT2D eigenvalue weighted by molar-refractivity contribution is 5.75. The zero-order chi connectivity index (χ0) is 12.8. The topological polar surface area (TPSA) is 38.8 Å². The average molecular weight is 243 g/mol. The summed E-state index contributed by atoms with van der Waals surface area (Å²) in [5.74, 6) is -0.111. The van der Waals surface area contributed by atoms with Gasteiger partial charge in [0.2, 0.25) is 0 Å². The molecule has 0 radical (unpaired) electrons. The third kappa shape index (κ3) is 4.28. The molecule has 0 aliphatic carbocycles. The van der Waals surface area contributed by atoms with Gasteiger partial charge in [-0.15, -0.1) is 0 Å². The average Bonchev–Trinajstić information content (AvgIpc) is 2.28. The van der Waals surface area contributed by atoms with Gasteiger partial charge in [-0.1, -0.05) is 19.8 Å². The summed E-state index contributed by atoms with van der Waals surface area (Å²) in [6.45, 7) is 7.87.